The van der Waals surface area contributed by atoms with Crippen molar-refractivity contribution in [2.24, 2.45) is 5.41 Å². The molecule has 1 N–H and O–H groups in total. The lowest BCUT2D eigenvalue weighted by Crippen LogP contribution is -2.31. The smallest absolute Gasteiger partial charge is 0.168 e. The molecule has 0 fully saturated rings. The molecular weight excluding hydrogens is 316 g/mol. The molecule has 4 heteroatoms. The second kappa shape index (κ2) is 9.54. The first-order chi connectivity index (χ1) is 12.1. The van der Waals surface area contributed by atoms with Gasteiger partial charge in [-0.05, 0) is 25.3 Å². The molecule has 1 aromatic carbocycles. The number of hydrogen-bond acceptors (Lipinski definition) is 4. The highest BCUT2D eigenvalue weighted by molar-refractivity contribution is 5.97. The average Bonchev–Trinajstić information content (AvgIpc) is 2.63. The Balaban J connectivity index is 1.88. The zero-order chi connectivity index (χ0) is 18.1. The van der Waals surface area contributed by atoms with Gasteiger partial charge in [0.05, 0.1) is 37.1 Å². The summed E-state index contributed by atoms with van der Waals surface area (Å²) in [4.78, 5) is 12.5. The number of ether oxygens (including phenoxy) is 2. The Kier molecular flexibility index (Phi) is 7.41. The normalized spacial score (nSPS) is 22.0. The lowest BCUT2D eigenvalue weighted by molar-refractivity contribution is -0.123. The molecule has 0 radical (unpaired) electrons. The number of allylic oxidation sites excluding steroid dienone is 3. The summed E-state index contributed by atoms with van der Waals surface area (Å²) < 4.78 is 11.0. The van der Waals surface area contributed by atoms with E-state index in [1.165, 1.54) is 0 Å². The van der Waals surface area contributed by atoms with Gasteiger partial charge in [-0.2, -0.15) is 0 Å². The second-order valence-corrected chi connectivity index (χ2v) is 6.34. The van der Waals surface area contributed by atoms with Crippen LogP contribution in [0.2, 0.25) is 0 Å². The molecule has 0 bridgehead atoms. The van der Waals surface area contributed by atoms with Crippen molar-refractivity contribution in [3.63, 3.8) is 0 Å². The lowest BCUT2D eigenvalue weighted by atomic mass is 9.73. The number of aliphatic hydroxyl groups is 1. The van der Waals surface area contributed by atoms with Crippen LogP contribution >= 0.6 is 0 Å². The molecule has 2 rings (SSSR count). The van der Waals surface area contributed by atoms with Gasteiger partial charge in [-0.25, -0.2) is 0 Å². The van der Waals surface area contributed by atoms with Crippen molar-refractivity contribution >= 4 is 5.78 Å². The van der Waals surface area contributed by atoms with Crippen molar-refractivity contribution in [3.05, 3.63) is 59.9 Å². The van der Waals surface area contributed by atoms with Crippen LogP contribution in [-0.4, -0.2) is 30.2 Å². The second-order valence-electron chi connectivity index (χ2n) is 6.34. The summed E-state index contributed by atoms with van der Waals surface area (Å²) in [5, 5.41) is 10.1. The Morgan fingerprint density at radius 1 is 1.28 bits per heavy atom. The van der Waals surface area contributed by atoms with Gasteiger partial charge in [-0.15, -0.1) is 0 Å². The maximum absolute atomic E-state index is 12.5. The van der Waals surface area contributed by atoms with Gasteiger partial charge in [0.25, 0.3) is 0 Å². The summed E-state index contributed by atoms with van der Waals surface area (Å²) in [6.07, 6.45) is 6.59. The summed E-state index contributed by atoms with van der Waals surface area (Å²) in [5.41, 5.74) is 0.529. The molecule has 0 aromatic heterocycles. The molecule has 1 aliphatic rings. The molecule has 0 unspecified atom stereocenters. The van der Waals surface area contributed by atoms with Crippen molar-refractivity contribution < 1.29 is 19.4 Å². The Bertz CT molecular complexity index is 606. The van der Waals surface area contributed by atoms with Crippen molar-refractivity contribution in [2.75, 3.05) is 13.2 Å². The van der Waals surface area contributed by atoms with Crippen LogP contribution in [0.4, 0.5) is 0 Å². The first-order valence-electron chi connectivity index (χ1n) is 8.96. The van der Waals surface area contributed by atoms with Crippen molar-refractivity contribution in [1.82, 2.24) is 0 Å². The SMILES string of the molecule is CCOC1=CC(=O)[C@](/C=C/[C@H](O)COCc2ccccc2)(CC)CC1. The van der Waals surface area contributed by atoms with E-state index in [1.54, 1.807) is 12.2 Å². The fraction of sp³-hybridized carbons (Fsp3) is 0.476. The molecule has 0 saturated heterocycles. The van der Waals surface area contributed by atoms with E-state index in [0.717, 1.165) is 17.7 Å². The minimum Gasteiger partial charge on any atom is -0.498 e. The molecule has 25 heavy (non-hydrogen) atoms. The summed E-state index contributed by atoms with van der Waals surface area (Å²) >= 11 is 0. The highest BCUT2D eigenvalue weighted by Crippen LogP contribution is 2.37. The standard InChI is InChI=1S/C21H28O4/c1-3-21(13-11-19(25-4-2)14-20(21)23)12-10-18(22)16-24-15-17-8-6-5-7-9-17/h5-10,12,14,18,22H,3-4,11,13,15-16H2,1-2H3/b12-10+/t18-,21-/m0/s1. The molecule has 0 amide bonds. The van der Waals surface area contributed by atoms with Gasteiger partial charge in [-0.3, -0.25) is 4.79 Å². The largest absolute Gasteiger partial charge is 0.498 e. The molecule has 0 heterocycles. The third-order valence-electron chi connectivity index (χ3n) is 4.60. The van der Waals surface area contributed by atoms with Crippen LogP contribution in [0.1, 0.15) is 38.7 Å². The molecule has 1 aliphatic carbocycles. The van der Waals surface area contributed by atoms with Gasteiger partial charge in [0.2, 0.25) is 0 Å². The Hall–Kier alpha value is -1.91. The van der Waals surface area contributed by atoms with E-state index >= 15 is 0 Å². The van der Waals surface area contributed by atoms with Crippen molar-refractivity contribution in [3.8, 4) is 0 Å². The number of rotatable bonds is 9. The van der Waals surface area contributed by atoms with E-state index in [4.69, 9.17) is 9.47 Å². The van der Waals surface area contributed by atoms with E-state index in [-0.39, 0.29) is 12.4 Å². The van der Waals surface area contributed by atoms with Gasteiger partial charge >= 0.3 is 0 Å². The molecule has 2 atom stereocenters. The molecule has 0 aliphatic heterocycles. The number of benzene rings is 1. The fourth-order valence-corrected chi connectivity index (χ4v) is 2.99. The molecule has 136 valence electrons. The third-order valence-corrected chi connectivity index (χ3v) is 4.60. The van der Waals surface area contributed by atoms with Crippen LogP contribution in [0.15, 0.2) is 54.3 Å². The van der Waals surface area contributed by atoms with Gasteiger partial charge < -0.3 is 14.6 Å². The Labute approximate surface area is 150 Å². The van der Waals surface area contributed by atoms with Crippen molar-refractivity contribution in [2.45, 2.75) is 45.8 Å². The van der Waals surface area contributed by atoms with Crippen LogP contribution in [0.5, 0.6) is 0 Å². The van der Waals surface area contributed by atoms with Gasteiger partial charge in [0.15, 0.2) is 5.78 Å². The maximum atomic E-state index is 12.5. The predicted octanol–water partition coefficient (Wildman–Crippen LogP) is 3.80. The van der Waals surface area contributed by atoms with Crippen LogP contribution in [0, 0.1) is 5.41 Å². The highest BCUT2D eigenvalue weighted by atomic mass is 16.5. The van der Waals surface area contributed by atoms with E-state index < -0.39 is 11.5 Å². The average molecular weight is 344 g/mol. The number of hydrogen-bond donors (Lipinski definition) is 1. The fourth-order valence-electron chi connectivity index (χ4n) is 2.99. The van der Waals surface area contributed by atoms with Crippen molar-refractivity contribution in [1.29, 1.82) is 0 Å². The van der Waals surface area contributed by atoms with Crippen LogP contribution < -0.4 is 0 Å². The first kappa shape index (κ1) is 19.4. The van der Waals surface area contributed by atoms with E-state index in [9.17, 15) is 9.90 Å². The maximum Gasteiger partial charge on any atom is 0.168 e. The Morgan fingerprint density at radius 2 is 2.04 bits per heavy atom. The topological polar surface area (TPSA) is 55.8 Å². The third kappa shape index (κ3) is 5.55. The molecule has 4 nitrogen and oxygen atoms in total. The predicted molar refractivity (Wildman–Crippen MR) is 97.9 cm³/mol. The van der Waals surface area contributed by atoms with Gasteiger partial charge in [-0.1, -0.05) is 49.4 Å². The van der Waals surface area contributed by atoms with E-state index in [0.29, 0.717) is 26.1 Å². The van der Waals surface area contributed by atoms with Gasteiger partial charge in [0, 0.05) is 12.5 Å². The van der Waals surface area contributed by atoms with Crippen LogP contribution in [-0.2, 0) is 20.9 Å². The summed E-state index contributed by atoms with van der Waals surface area (Å²) in [6.45, 7) is 5.16. The van der Waals surface area contributed by atoms with E-state index in [2.05, 4.69) is 0 Å². The minimum atomic E-state index is -0.725. The number of carbonyl (C=O) groups is 1. The zero-order valence-electron chi connectivity index (χ0n) is 15.1. The Morgan fingerprint density at radius 3 is 2.68 bits per heavy atom. The number of aliphatic hydroxyl groups excluding tert-OH is 1. The molecule has 0 saturated carbocycles. The summed E-state index contributed by atoms with van der Waals surface area (Å²) in [6, 6.07) is 9.84. The summed E-state index contributed by atoms with van der Waals surface area (Å²) in [5.74, 6) is 0.815. The first-order valence-corrected chi connectivity index (χ1v) is 8.96. The van der Waals surface area contributed by atoms with E-state index in [1.807, 2.05) is 50.3 Å². The zero-order valence-corrected chi connectivity index (χ0v) is 15.1. The highest BCUT2D eigenvalue weighted by Gasteiger charge is 2.36. The van der Waals surface area contributed by atoms with Gasteiger partial charge in [0.1, 0.15) is 0 Å². The number of ketones is 1. The quantitative estimate of drug-likeness (QED) is 0.692. The molecule has 1 aromatic rings. The molecule has 0 spiro atoms. The monoisotopic (exact) mass is 344 g/mol. The molecular formula is C21H28O4. The van der Waals surface area contributed by atoms with Crippen LogP contribution in [0.3, 0.4) is 0 Å². The number of carbonyl (C=O) groups excluding carboxylic acids is 1. The lowest BCUT2D eigenvalue weighted by Gasteiger charge is -2.31. The minimum absolute atomic E-state index is 0.0540. The summed E-state index contributed by atoms with van der Waals surface area (Å²) in [7, 11) is 0. The van der Waals surface area contributed by atoms with Crippen LogP contribution in [0.25, 0.3) is 0 Å².